The molecular formula is C28H32F2N2O3. The van der Waals surface area contributed by atoms with Gasteiger partial charge in [0.1, 0.15) is 5.75 Å². The van der Waals surface area contributed by atoms with Crippen molar-refractivity contribution in [1.29, 1.82) is 0 Å². The third kappa shape index (κ3) is 7.31. The van der Waals surface area contributed by atoms with E-state index in [0.29, 0.717) is 24.4 Å². The number of rotatable bonds is 12. The zero-order valence-electron chi connectivity index (χ0n) is 20.5. The highest BCUT2D eigenvalue weighted by molar-refractivity contribution is 5.81. The van der Waals surface area contributed by atoms with Crippen LogP contribution in [-0.4, -0.2) is 28.2 Å². The third-order valence-electron chi connectivity index (χ3n) is 5.67. The van der Waals surface area contributed by atoms with Crippen LogP contribution >= 0.6 is 0 Å². The van der Waals surface area contributed by atoms with Gasteiger partial charge in [-0.2, -0.15) is 0 Å². The summed E-state index contributed by atoms with van der Waals surface area (Å²) in [5.41, 5.74) is 0.0696. The summed E-state index contributed by atoms with van der Waals surface area (Å²) < 4.78 is 39.6. The van der Waals surface area contributed by atoms with Crippen LogP contribution in [0.4, 0.5) is 8.78 Å². The molecule has 5 nitrogen and oxygen atoms in total. The van der Waals surface area contributed by atoms with Gasteiger partial charge in [0.2, 0.25) is 5.67 Å². The molecule has 0 saturated heterocycles. The second-order valence-corrected chi connectivity index (χ2v) is 8.71. The SMILES string of the molecule is CCCCCOc1ccc(-c2ncc(-c3ccc(OC(=O)[C@@](C)(F)CCCC)cc3)cn2)cc1F. The number of hydrogen-bond donors (Lipinski definition) is 0. The van der Waals surface area contributed by atoms with E-state index in [4.69, 9.17) is 9.47 Å². The fourth-order valence-corrected chi connectivity index (χ4v) is 3.46. The largest absolute Gasteiger partial charge is 0.491 e. The highest BCUT2D eigenvalue weighted by atomic mass is 19.1. The van der Waals surface area contributed by atoms with Gasteiger partial charge in [0.25, 0.3) is 0 Å². The lowest BCUT2D eigenvalue weighted by molar-refractivity contribution is -0.147. The van der Waals surface area contributed by atoms with Crippen molar-refractivity contribution in [2.24, 2.45) is 0 Å². The van der Waals surface area contributed by atoms with Gasteiger partial charge in [-0.3, -0.25) is 0 Å². The van der Waals surface area contributed by atoms with Crippen LogP contribution in [0.2, 0.25) is 0 Å². The van der Waals surface area contributed by atoms with E-state index >= 15 is 0 Å². The minimum absolute atomic E-state index is 0.128. The molecule has 2 aromatic carbocycles. The molecule has 1 aromatic heterocycles. The van der Waals surface area contributed by atoms with Crippen molar-refractivity contribution in [1.82, 2.24) is 9.97 Å². The molecular weight excluding hydrogens is 450 g/mol. The lowest BCUT2D eigenvalue weighted by Gasteiger charge is -2.18. The van der Waals surface area contributed by atoms with Crippen LogP contribution in [0.1, 0.15) is 59.3 Å². The molecule has 1 heterocycles. The predicted molar refractivity (Wildman–Crippen MR) is 133 cm³/mol. The van der Waals surface area contributed by atoms with Crippen LogP contribution in [0.25, 0.3) is 22.5 Å². The van der Waals surface area contributed by atoms with Gasteiger partial charge in [-0.05, 0) is 62.1 Å². The molecule has 0 N–H and O–H groups in total. The normalized spacial score (nSPS) is 12.7. The molecule has 7 heteroatoms. The molecule has 0 aliphatic heterocycles. The third-order valence-corrected chi connectivity index (χ3v) is 5.67. The molecule has 0 fully saturated rings. The van der Waals surface area contributed by atoms with E-state index in [9.17, 15) is 13.6 Å². The molecule has 3 aromatic rings. The summed E-state index contributed by atoms with van der Waals surface area (Å²) in [5, 5.41) is 0. The Bertz CT molecular complexity index is 1100. The number of unbranched alkanes of at least 4 members (excludes halogenated alkanes) is 3. The molecule has 186 valence electrons. The first-order valence-corrected chi connectivity index (χ1v) is 12.1. The van der Waals surface area contributed by atoms with E-state index in [2.05, 4.69) is 16.9 Å². The van der Waals surface area contributed by atoms with Crippen LogP contribution in [0, 0.1) is 5.82 Å². The highest BCUT2D eigenvalue weighted by Gasteiger charge is 2.34. The summed E-state index contributed by atoms with van der Waals surface area (Å²) in [5.74, 6) is -0.457. The molecule has 35 heavy (non-hydrogen) atoms. The summed E-state index contributed by atoms with van der Waals surface area (Å²) in [4.78, 5) is 20.9. The monoisotopic (exact) mass is 482 g/mol. The molecule has 0 aliphatic rings. The Labute approximate surface area is 205 Å². The summed E-state index contributed by atoms with van der Waals surface area (Å²) in [6.07, 6.45) is 7.83. The van der Waals surface area contributed by atoms with Gasteiger partial charge < -0.3 is 9.47 Å². The number of benzene rings is 2. The topological polar surface area (TPSA) is 61.3 Å². The molecule has 0 spiro atoms. The first-order chi connectivity index (χ1) is 16.8. The maximum atomic E-state index is 14.5. The van der Waals surface area contributed by atoms with Crippen molar-refractivity contribution in [3.8, 4) is 34.0 Å². The van der Waals surface area contributed by atoms with Gasteiger partial charge >= 0.3 is 5.97 Å². The first-order valence-electron chi connectivity index (χ1n) is 12.1. The number of carbonyl (C=O) groups excluding carboxylic acids is 1. The summed E-state index contributed by atoms with van der Waals surface area (Å²) in [6.45, 7) is 5.78. The number of carbonyl (C=O) groups is 1. The molecule has 0 saturated carbocycles. The van der Waals surface area contributed by atoms with Crippen molar-refractivity contribution >= 4 is 5.97 Å². The van der Waals surface area contributed by atoms with Crippen molar-refractivity contribution in [2.75, 3.05) is 6.61 Å². The Kier molecular flexibility index (Phi) is 9.29. The average molecular weight is 483 g/mol. The molecule has 0 radical (unpaired) electrons. The maximum absolute atomic E-state index is 14.5. The van der Waals surface area contributed by atoms with Crippen molar-refractivity contribution in [3.05, 3.63) is 60.7 Å². The van der Waals surface area contributed by atoms with Crippen LogP contribution in [0.15, 0.2) is 54.9 Å². The van der Waals surface area contributed by atoms with Crippen LogP contribution < -0.4 is 9.47 Å². The number of nitrogens with zero attached hydrogens (tertiary/aromatic N) is 2. The Hall–Kier alpha value is -3.35. The highest BCUT2D eigenvalue weighted by Crippen LogP contribution is 2.27. The molecule has 0 amide bonds. The Morgan fingerprint density at radius 1 is 0.914 bits per heavy atom. The quantitative estimate of drug-likeness (QED) is 0.153. The van der Waals surface area contributed by atoms with Crippen LogP contribution in [0.3, 0.4) is 0 Å². The molecule has 1 atom stereocenters. The van der Waals surface area contributed by atoms with Crippen molar-refractivity contribution in [3.63, 3.8) is 0 Å². The Morgan fingerprint density at radius 2 is 1.57 bits per heavy atom. The summed E-state index contributed by atoms with van der Waals surface area (Å²) in [6, 6.07) is 11.4. The van der Waals surface area contributed by atoms with Gasteiger partial charge in [-0.15, -0.1) is 0 Å². The van der Waals surface area contributed by atoms with Gasteiger partial charge in [0.15, 0.2) is 17.4 Å². The molecule has 3 rings (SSSR count). The Balaban J connectivity index is 1.63. The van der Waals surface area contributed by atoms with E-state index in [-0.39, 0.29) is 17.9 Å². The lowest BCUT2D eigenvalue weighted by atomic mass is 10.0. The number of halogens is 2. The van der Waals surface area contributed by atoms with Crippen LogP contribution in [-0.2, 0) is 4.79 Å². The van der Waals surface area contributed by atoms with Crippen LogP contribution in [0.5, 0.6) is 11.5 Å². The van der Waals surface area contributed by atoms with Crippen molar-refractivity contribution in [2.45, 2.75) is 65.0 Å². The van der Waals surface area contributed by atoms with Gasteiger partial charge in [0, 0.05) is 23.5 Å². The number of ether oxygens (including phenoxy) is 2. The van der Waals surface area contributed by atoms with Gasteiger partial charge in [-0.25, -0.2) is 23.5 Å². The molecule has 0 unspecified atom stereocenters. The van der Waals surface area contributed by atoms with E-state index in [0.717, 1.165) is 36.8 Å². The smallest absolute Gasteiger partial charge is 0.348 e. The van der Waals surface area contributed by atoms with Gasteiger partial charge in [-0.1, -0.05) is 45.2 Å². The number of aromatic nitrogens is 2. The van der Waals surface area contributed by atoms with Crippen molar-refractivity contribution < 1.29 is 23.0 Å². The molecule has 0 bridgehead atoms. The first kappa shape index (κ1) is 26.3. The minimum Gasteiger partial charge on any atom is -0.491 e. The van der Waals surface area contributed by atoms with Gasteiger partial charge in [0.05, 0.1) is 6.61 Å². The summed E-state index contributed by atoms with van der Waals surface area (Å²) >= 11 is 0. The zero-order valence-corrected chi connectivity index (χ0v) is 20.5. The number of hydrogen-bond acceptors (Lipinski definition) is 5. The fraction of sp³-hybridized carbons (Fsp3) is 0.393. The minimum atomic E-state index is -2.02. The van der Waals surface area contributed by atoms with E-state index in [1.807, 2.05) is 6.92 Å². The zero-order chi connectivity index (χ0) is 25.3. The number of esters is 1. The average Bonchev–Trinajstić information content (AvgIpc) is 2.86. The van der Waals surface area contributed by atoms with E-state index < -0.39 is 17.5 Å². The fourth-order valence-electron chi connectivity index (χ4n) is 3.46. The second-order valence-electron chi connectivity index (χ2n) is 8.71. The second kappa shape index (κ2) is 12.4. The Morgan fingerprint density at radius 3 is 2.20 bits per heavy atom. The van der Waals surface area contributed by atoms with E-state index in [1.165, 1.54) is 13.0 Å². The lowest BCUT2D eigenvalue weighted by Crippen LogP contribution is -2.34. The van der Waals surface area contributed by atoms with E-state index in [1.54, 1.807) is 48.8 Å². The number of alkyl halides is 1. The standard InChI is InChI=1S/C28H32F2N2O3/c1-4-6-8-16-34-25-14-11-21(17-24(25)29)26-31-18-22(19-32-26)20-9-12-23(13-10-20)35-27(33)28(3,30)15-7-5-2/h9-14,17-19H,4-8,15-16H2,1-3H3/t28-/m0/s1. The molecule has 0 aliphatic carbocycles. The predicted octanol–water partition coefficient (Wildman–Crippen LogP) is 7.34. The maximum Gasteiger partial charge on any atom is 0.348 e. The summed E-state index contributed by atoms with van der Waals surface area (Å²) in [7, 11) is 0.